The van der Waals surface area contributed by atoms with E-state index in [0.29, 0.717) is 12.0 Å². The van der Waals surface area contributed by atoms with Gasteiger partial charge in [-0.2, -0.15) is 0 Å². The van der Waals surface area contributed by atoms with Crippen molar-refractivity contribution in [2.24, 2.45) is 0 Å². The molecule has 0 radical (unpaired) electrons. The molecule has 2 amide bonds. The minimum Gasteiger partial charge on any atom is -0.373 e. The van der Waals surface area contributed by atoms with Crippen LogP contribution >= 0.6 is 0 Å². The van der Waals surface area contributed by atoms with E-state index < -0.39 is 6.04 Å². The highest BCUT2D eigenvalue weighted by Gasteiger charge is 2.46. The Bertz CT molecular complexity index is 997. The predicted octanol–water partition coefficient (Wildman–Crippen LogP) is 2.92. The summed E-state index contributed by atoms with van der Waals surface area (Å²) in [4.78, 5) is 28.8. The third kappa shape index (κ3) is 3.09. The molecule has 2 bridgehead atoms. The number of halogens is 1. The van der Waals surface area contributed by atoms with E-state index in [2.05, 4.69) is 15.5 Å². The van der Waals surface area contributed by atoms with Gasteiger partial charge in [-0.05, 0) is 43.2 Å². The van der Waals surface area contributed by atoms with Crippen LogP contribution in [0.25, 0.3) is 0 Å². The summed E-state index contributed by atoms with van der Waals surface area (Å²) in [5.41, 5.74) is 4.00. The minimum atomic E-state index is -0.494. The second-order valence-corrected chi connectivity index (χ2v) is 8.53. The van der Waals surface area contributed by atoms with Crippen molar-refractivity contribution in [2.45, 2.75) is 44.8 Å². The first-order valence-corrected chi connectivity index (χ1v) is 10.4. The Morgan fingerprint density at radius 3 is 2.63 bits per heavy atom. The smallest absolute Gasteiger partial charge is 0.247 e. The van der Waals surface area contributed by atoms with Crippen LogP contribution in [-0.2, 0) is 16.0 Å². The topological polar surface area (TPSA) is 64.7 Å². The molecule has 0 saturated carbocycles. The van der Waals surface area contributed by atoms with Gasteiger partial charge >= 0.3 is 0 Å². The highest BCUT2D eigenvalue weighted by atomic mass is 19.1. The number of piperidine rings is 1. The van der Waals surface area contributed by atoms with Crippen molar-refractivity contribution in [3.63, 3.8) is 0 Å². The maximum absolute atomic E-state index is 14.1. The van der Waals surface area contributed by atoms with Gasteiger partial charge in [0.05, 0.1) is 12.1 Å². The van der Waals surface area contributed by atoms with Crippen LogP contribution in [0.3, 0.4) is 0 Å². The predicted molar refractivity (Wildman–Crippen MR) is 114 cm³/mol. The number of rotatable bonds is 3. The standard InChI is InChI=1S/C23H25FN4O2/c1-13-6-7-20(24)19-10-21(26-22(13)19)23(30)25-15-4-3-5-16(8-15)27-11-17-9-18(12-27)28(17)14(2)29/h3-8,17-18,21,26H,9-12H2,1-2H3,(H,25,30). The average Bonchev–Trinajstić information content (AvgIpc) is 3.18. The first-order chi connectivity index (χ1) is 14.4. The molecule has 156 valence electrons. The normalized spacial score (nSPS) is 24.0. The number of hydrogen-bond acceptors (Lipinski definition) is 4. The molecule has 2 N–H and O–H groups in total. The number of aryl methyl sites for hydroxylation is 1. The van der Waals surface area contributed by atoms with Gasteiger partial charge in [0.15, 0.2) is 0 Å². The third-order valence-corrected chi connectivity index (χ3v) is 6.54. The van der Waals surface area contributed by atoms with E-state index in [4.69, 9.17) is 0 Å². The molecular weight excluding hydrogens is 383 g/mol. The molecule has 2 aromatic rings. The Hall–Kier alpha value is -3.09. The molecule has 4 aliphatic heterocycles. The van der Waals surface area contributed by atoms with E-state index in [-0.39, 0.29) is 29.7 Å². The van der Waals surface area contributed by atoms with Crippen molar-refractivity contribution in [3.8, 4) is 0 Å². The van der Waals surface area contributed by atoms with Crippen molar-refractivity contribution in [2.75, 3.05) is 28.6 Å². The van der Waals surface area contributed by atoms with Crippen molar-refractivity contribution in [3.05, 3.63) is 53.3 Å². The molecule has 4 aliphatic rings. The largest absolute Gasteiger partial charge is 0.373 e. The van der Waals surface area contributed by atoms with Gasteiger partial charge in [0, 0.05) is 49.1 Å². The fraction of sp³-hybridized carbons (Fsp3) is 0.391. The number of benzene rings is 2. The number of carbonyl (C=O) groups excluding carboxylic acids is 2. The Kier molecular flexibility index (Phi) is 4.41. The second-order valence-electron chi connectivity index (χ2n) is 8.53. The van der Waals surface area contributed by atoms with E-state index in [1.54, 1.807) is 13.0 Å². The number of nitrogens with one attached hydrogen (secondary N) is 2. The van der Waals surface area contributed by atoms with E-state index in [1.807, 2.05) is 36.1 Å². The number of carbonyl (C=O) groups is 2. The van der Waals surface area contributed by atoms with Crippen LogP contribution in [0.15, 0.2) is 36.4 Å². The van der Waals surface area contributed by atoms with Crippen LogP contribution in [0.4, 0.5) is 21.5 Å². The summed E-state index contributed by atoms with van der Waals surface area (Å²) in [6.07, 6.45) is 1.40. The molecule has 3 fully saturated rings. The lowest BCUT2D eigenvalue weighted by molar-refractivity contribution is -0.143. The van der Waals surface area contributed by atoms with Crippen LogP contribution in [0.2, 0.25) is 0 Å². The molecule has 0 spiro atoms. The molecule has 0 aliphatic carbocycles. The highest BCUT2D eigenvalue weighted by molar-refractivity contribution is 5.98. The summed E-state index contributed by atoms with van der Waals surface area (Å²) in [5.74, 6) is -0.302. The number of amides is 2. The molecule has 0 aromatic heterocycles. The van der Waals surface area contributed by atoms with E-state index in [1.165, 1.54) is 6.07 Å². The first-order valence-electron chi connectivity index (χ1n) is 10.4. The fourth-order valence-corrected chi connectivity index (χ4v) is 5.07. The lowest BCUT2D eigenvalue weighted by Crippen LogP contribution is -2.69. The van der Waals surface area contributed by atoms with Gasteiger partial charge in [-0.1, -0.05) is 12.1 Å². The Morgan fingerprint density at radius 2 is 1.93 bits per heavy atom. The number of nitrogens with zero attached hydrogens (tertiary/aromatic N) is 2. The number of hydrogen-bond donors (Lipinski definition) is 2. The van der Waals surface area contributed by atoms with Crippen LogP contribution in [-0.4, -0.2) is 47.9 Å². The van der Waals surface area contributed by atoms with Crippen molar-refractivity contribution in [1.29, 1.82) is 0 Å². The van der Waals surface area contributed by atoms with Crippen molar-refractivity contribution < 1.29 is 14.0 Å². The number of piperazine rings is 1. The zero-order valence-electron chi connectivity index (χ0n) is 17.1. The Balaban J connectivity index is 1.26. The summed E-state index contributed by atoms with van der Waals surface area (Å²) in [6.45, 7) is 5.16. The maximum atomic E-state index is 14.1. The van der Waals surface area contributed by atoms with Gasteiger partial charge < -0.3 is 20.4 Å². The molecule has 30 heavy (non-hydrogen) atoms. The average molecular weight is 408 g/mol. The summed E-state index contributed by atoms with van der Waals surface area (Å²) < 4.78 is 14.1. The van der Waals surface area contributed by atoms with Gasteiger partial charge in [0.1, 0.15) is 11.9 Å². The minimum absolute atomic E-state index is 0.147. The summed E-state index contributed by atoms with van der Waals surface area (Å²) in [7, 11) is 0. The van der Waals surface area contributed by atoms with Crippen LogP contribution in [0.5, 0.6) is 0 Å². The highest BCUT2D eigenvalue weighted by Crippen LogP contribution is 2.35. The molecule has 7 heteroatoms. The molecule has 3 saturated heterocycles. The molecule has 6 rings (SSSR count). The molecule has 3 atom stereocenters. The molecular formula is C23H25FN4O2. The number of anilines is 3. The van der Waals surface area contributed by atoms with Crippen molar-refractivity contribution >= 4 is 28.9 Å². The summed E-state index contributed by atoms with van der Waals surface area (Å²) in [6, 6.07) is 11.0. The van der Waals surface area contributed by atoms with Gasteiger partial charge in [-0.15, -0.1) is 0 Å². The van der Waals surface area contributed by atoms with E-state index in [9.17, 15) is 14.0 Å². The maximum Gasteiger partial charge on any atom is 0.247 e. The first kappa shape index (κ1) is 18.9. The van der Waals surface area contributed by atoms with E-state index >= 15 is 0 Å². The fourth-order valence-electron chi connectivity index (χ4n) is 5.07. The Labute approximate surface area is 175 Å². The third-order valence-electron chi connectivity index (χ3n) is 6.54. The monoisotopic (exact) mass is 408 g/mol. The molecule has 2 aromatic carbocycles. The van der Waals surface area contributed by atoms with Gasteiger partial charge in [0.2, 0.25) is 11.8 Å². The molecule has 6 nitrogen and oxygen atoms in total. The summed E-state index contributed by atoms with van der Waals surface area (Å²) >= 11 is 0. The van der Waals surface area contributed by atoms with Crippen molar-refractivity contribution in [1.82, 2.24) is 4.90 Å². The van der Waals surface area contributed by atoms with Gasteiger partial charge in [-0.25, -0.2) is 4.39 Å². The molecule has 4 heterocycles. The van der Waals surface area contributed by atoms with E-state index in [0.717, 1.165) is 42.1 Å². The van der Waals surface area contributed by atoms with Crippen LogP contribution in [0, 0.1) is 12.7 Å². The van der Waals surface area contributed by atoms with Crippen LogP contribution < -0.4 is 15.5 Å². The molecule has 3 unspecified atom stereocenters. The lowest BCUT2D eigenvalue weighted by atomic mass is 9.87. The SMILES string of the molecule is CC(=O)N1C2CC1CN(c1cccc(NC(=O)C3Cc4c(F)ccc(C)c4N3)c1)C2. The van der Waals surface area contributed by atoms with Gasteiger partial charge in [-0.3, -0.25) is 9.59 Å². The van der Waals surface area contributed by atoms with Crippen LogP contribution in [0.1, 0.15) is 24.5 Å². The Morgan fingerprint density at radius 1 is 1.17 bits per heavy atom. The summed E-state index contributed by atoms with van der Waals surface area (Å²) in [5, 5.41) is 6.14. The number of fused-ring (bicyclic) bond motifs is 3. The quantitative estimate of drug-likeness (QED) is 0.820. The zero-order chi connectivity index (χ0) is 21.0. The lowest BCUT2D eigenvalue weighted by Gasteiger charge is -2.56. The second kappa shape index (κ2) is 7.00. The zero-order valence-corrected chi connectivity index (χ0v) is 17.1. The van der Waals surface area contributed by atoms with Gasteiger partial charge in [0.25, 0.3) is 0 Å².